The topological polar surface area (TPSA) is 78.5 Å². The summed E-state index contributed by atoms with van der Waals surface area (Å²) in [5.74, 6) is 2.58. The lowest BCUT2D eigenvalue weighted by atomic mass is 10.3. The van der Waals surface area contributed by atoms with Crippen molar-refractivity contribution in [2.75, 3.05) is 20.3 Å². The standard InChI is InChI=1S/C24H25N3O4/c1-29-18-7-4-8-19(17-18)30-16-6-14-27-21-10-3-2-9-20(21)26-23(27)12-13-25-24(28)22-11-5-15-31-22/h2-5,7-11,15,17H,6,12-14,16H2,1H3,(H,25,28). The highest BCUT2D eigenvalue weighted by Gasteiger charge is 2.12. The van der Waals surface area contributed by atoms with Crippen LogP contribution in [0.5, 0.6) is 11.5 Å². The molecule has 0 atom stereocenters. The summed E-state index contributed by atoms with van der Waals surface area (Å²) >= 11 is 0. The minimum atomic E-state index is -0.223. The highest BCUT2D eigenvalue weighted by molar-refractivity contribution is 5.91. The molecule has 0 saturated heterocycles. The van der Waals surface area contributed by atoms with Gasteiger partial charge in [-0.1, -0.05) is 18.2 Å². The molecule has 2 aromatic heterocycles. The van der Waals surface area contributed by atoms with Crippen LogP contribution in [0.15, 0.2) is 71.3 Å². The van der Waals surface area contributed by atoms with E-state index in [-0.39, 0.29) is 5.91 Å². The van der Waals surface area contributed by atoms with E-state index < -0.39 is 0 Å². The van der Waals surface area contributed by atoms with Crippen molar-refractivity contribution in [3.05, 3.63) is 78.5 Å². The van der Waals surface area contributed by atoms with Crippen molar-refractivity contribution in [3.63, 3.8) is 0 Å². The van der Waals surface area contributed by atoms with Crippen LogP contribution in [0.25, 0.3) is 11.0 Å². The van der Waals surface area contributed by atoms with E-state index in [4.69, 9.17) is 18.9 Å². The molecular weight excluding hydrogens is 394 g/mol. The maximum absolute atomic E-state index is 12.1. The summed E-state index contributed by atoms with van der Waals surface area (Å²) in [6.07, 6.45) is 2.93. The van der Waals surface area contributed by atoms with Gasteiger partial charge in [-0.3, -0.25) is 4.79 Å². The molecule has 7 heteroatoms. The number of hydrogen-bond donors (Lipinski definition) is 1. The highest BCUT2D eigenvalue weighted by atomic mass is 16.5. The molecule has 1 amide bonds. The molecule has 0 radical (unpaired) electrons. The van der Waals surface area contributed by atoms with Crippen LogP contribution in [0.1, 0.15) is 22.8 Å². The first-order valence-electron chi connectivity index (χ1n) is 10.3. The number of methoxy groups -OCH3 is 1. The molecule has 4 rings (SSSR count). The Morgan fingerprint density at radius 1 is 1.10 bits per heavy atom. The van der Waals surface area contributed by atoms with E-state index in [1.807, 2.05) is 42.5 Å². The number of carbonyl (C=O) groups excluding carboxylic acids is 1. The van der Waals surface area contributed by atoms with Crippen LogP contribution in [0.2, 0.25) is 0 Å². The number of para-hydroxylation sites is 2. The summed E-state index contributed by atoms with van der Waals surface area (Å²) < 4.78 is 18.4. The predicted molar refractivity (Wildman–Crippen MR) is 118 cm³/mol. The number of aryl methyl sites for hydroxylation is 1. The molecule has 0 saturated carbocycles. The Labute approximate surface area is 180 Å². The van der Waals surface area contributed by atoms with E-state index in [1.54, 1.807) is 19.2 Å². The average molecular weight is 419 g/mol. The molecule has 0 spiro atoms. The maximum atomic E-state index is 12.1. The molecule has 0 aliphatic carbocycles. The van der Waals surface area contributed by atoms with Gasteiger partial charge < -0.3 is 23.8 Å². The van der Waals surface area contributed by atoms with Gasteiger partial charge in [-0.05, 0) is 42.8 Å². The third-order valence-corrected chi connectivity index (χ3v) is 4.95. The number of imidazole rings is 1. The molecule has 0 unspecified atom stereocenters. The third-order valence-electron chi connectivity index (χ3n) is 4.95. The Morgan fingerprint density at radius 3 is 2.81 bits per heavy atom. The Kier molecular flexibility index (Phi) is 6.52. The second-order valence-electron chi connectivity index (χ2n) is 7.03. The number of carbonyl (C=O) groups is 1. The van der Waals surface area contributed by atoms with E-state index in [1.165, 1.54) is 6.26 Å². The minimum Gasteiger partial charge on any atom is -0.497 e. The first-order valence-corrected chi connectivity index (χ1v) is 10.3. The number of rotatable bonds is 10. The molecule has 7 nitrogen and oxygen atoms in total. The Morgan fingerprint density at radius 2 is 1.97 bits per heavy atom. The summed E-state index contributed by atoms with van der Waals surface area (Å²) in [6.45, 7) is 1.82. The van der Waals surface area contributed by atoms with Gasteiger partial charge in [0.05, 0.1) is 31.0 Å². The van der Waals surface area contributed by atoms with Crippen molar-refractivity contribution >= 4 is 16.9 Å². The number of ether oxygens (including phenoxy) is 2. The molecule has 1 N–H and O–H groups in total. The lowest BCUT2D eigenvalue weighted by Crippen LogP contribution is -2.26. The number of nitrogens with one attached hydrogen (secondary N) is 1. The molecule has 0 fully saturated rings. The quantitative estimate of drug-likeness (QED) is 0.392. The predicted octanol–water partition coefficient (Wildman–Crippen LogP) is 4.08. The molecular formula is C24H25N3O4. The fourth-order valence-corrected chi connectivity index (χ4v) is 3.45. The summed E-state index contributed by atoms with van der Waals surface area (Å²) in [7, 11) is 1.64. The maximum Gasteiger partial charge on any atom is 0.286 e. The van der Waals surface area contributed by atoms with Crippen molar-refractivity contribution < 1.29 is 18.7 Å². The van der Waals surface area contributed by atoms with Gasteiger partial charge >= 0.3 is 0 Å². The summed E-state index contributed by atoms with van der Waals surface area (Å²) in [5, 5.41) is 2.88. The lowest BCUT2D eigenvalue weighted by molar-refractivity contribution is 0.0926. The molecule has 0 bridgehead atoms. The lowest BCUT2D eigenvalue weighted by Gasteiger charge is -2.11. The Balaban J connectivity index is 1.37. The van der Waals surface area contributed by atoms with E-state index in [0.29, 0.717) is 25.3 Å². The highest BCUT2D eigenvalue weighted by Crippen LogP contribution is 2.20. The monoisotopic (exact) mass is 419 g/mol. The second kappa shape index (κ2) is 9.84. The molecule has 0 aliphatic rings. The van der Waals surface area contributed by atoms with Gasteiger partial charge in [0, 0.05) is 25.6 Å². The zero-order valence-electron chi connectivity index (χ0n) is 17.4. The number of hydrogen-bond acceptors (Lipinski definition) is 5. The Bertz CT molecular complexity index is 1130. The SMILES string of the molecule is COc1cccc(OCCCn2c(CCNC(=O)c3ccco3)nc3ccccc32)c1. The number of nitrogens with zero attached hydrogens (tertiary/aromatic N) is 2. The van der Waals surface area contributed by atoms with Gasteiger partial charge in [-0.2, -0.15) is 0 Å². The number of benzene rings is 2. The van der Waals surface area contributed by atoms with Crippen LogP contribution < -0.4 is 14.8 Å². The van der Waals surface area contributed by atoms with E-state index in [9.17, 15) is 4.79 Å². The van der Waals surface area contributed by atoms with Crippen LogP contribution >= 0.6 is 0 Å². The fourth-order valence-electron chi connectivity index (χ4n) is 3.45. The van der Waals surface area contributed by atoms with Crippen molar-refractivity contribution in [3.8, 4) is 11.5 Å². The number of fused-ring (bicyclic) bond motifs is 1. The average Bonchev–Trinajstić information content (AvgIpc) is 3.45. The van der Waals surface area contributed by atoms with Gasteiger partial charge in [0.1, 0.15) is 17.3 Å². The first-order chi connectivity index (χ1) is 15.2. The Hall–Kier alpha value is -3.74. The zero-order chi connectivity index (χ0) is 21.5. The molecule has 2 heterocycles. The van der Waals surface area contributed by atoms with Crippen molar-refractivity contribution in [1.82, 2.24) is 14.9 Å². The minimum absolute atomic E-state index is 0.223. The van der Waals surface area contributed by atoms with Gasteiger partial charge in [0.2, 0.25) is 0 Å². The summed E-state index contributed by atoms with van der Waals surface area (Å²) in [5.41, 5.74) is 2.03. The number of amides is 1. The molecule has 0 aliphatic heterocycles. The van der Waals surface area contributed by atoms with Gasteiger partial charge in [0.25, 0.3) is 5.91 Å². The van der Waals surface area contributed by atoms with Gasteiger partial charge in [0.15, 0.2) is 5.76 Å². The van der Waals surface area contributed by atoms with Crippen LogP contribution in [-0.2, 0) is 13.0 Å². The smallest absolute Gasteiger partial charge is 0.286 e. The fraction of sp³-hybridized carbons (Fsp3) is 0.250. The normalized spacial score (nSPS) is 10.9. The van der Waals surface area contributed by atoms with Crippen LogP contribution in [0.3, 0.4) is 0 Å². The first kappa shape index (κ1) is 20.5. The largest absolute Gasteiger partial charge is 0.497 e. The van der Waals surface area contributed by atoms with Crippen molar-refractivity contribution in [1.29, 1.82) is 0 Å². The van der Waals surface area contributed by atoms with Crippen molar-refractivity contribution in [2.45, 2.75) is 19.4 Å². The second-order valence-corrected chi connectivity index (χ2v) is 7.03. The third kappa shape index (κ3) is 5.06. The number of aromatic nitrogens is 2. The molecule has 160 valence electrons. The van der Waals surface area contributed by atoms with Crippen LogP contribution in [0.4, 0.5) is 0 Å². The van der Waals surface area contributed by atoms with Crippen LogP contribution in [-0.4, -0.2) is 35.7 Å². The van der Waals surface area contributed by atoms with E-state index in [2.05, 4.69) is 16.0 Å². The van der Waals surface area contributed by atoms with Gasteiger partial charge in [-0.15, -0.1) is 0 Å². The molecule has 4 aromatic rings. The van der Waals surface area contributed by atoms with E-state index >= 15 is 0 Å². The van der Waals surface area contributed by atoms with Crippen LogP contribution in [0, 0.1) is 0 Å². The molecule has 2 aromatic carbocycles. The summed E-state index contributed by atoms with van der Waals surface area (Å²) in [6, 6.07) is 19.0. The number of furan rings is 1. The zero-order valence-corrected chi connectivity index (χ0v) is 17.4. The van der Waals surface area contributed by atoms with Gasteiger partial charge in [-0.25, -0.2) is 4.98 Å². The molecule has 31 heavy (non-hydrogen) atoms. The summed E-state index contributed by atoms with van der Waals surface area (Å²) in [4.78, 5) is 16.8. The van der Waals surface area contributed by atoms with E-state index in [0.717, 1.165) is 41.3 Å². The van der Waals surface area contributed by atoms with Crippen molar-refractivity contribution in [2.24, 2.45) is 0 Å².